The molecule has 2 aliphatic rings. The van der Waals surface area contributed by atoms with Gasteiger partial charge in [0, 0.05) is 23.6 Å². The van der Waals surface area contributed by atoms with Crippen LogP contribution in [0.3, 0.4) is 0 Å². The van der Waals surface area contributed by atoms with Crippen LogP contribution in [-0.2, 0) is 0 Å². The SMILES string of the molecule is O=C(c1ccc(Br)cc1F)N(CC1CC1)CC1CCCN1. The molecule has 1 saturated heterocycles. The van der Waals surface area contributed by atoms with Gasteiger partial charge in [0.1, 0.15) is 5.82 Å². The van der Waals surface area contributed by atoms with Crippen molar-refractivity contribution in [3.63, 3.8) is 0 Å². The minimum absolute atomic E-state index is 0.178. The Morgan fingerprint density at radius 2 is 2.14 bits per heavy atom. The molecule has 0 bridgehead atoms. The van der Waals surface area contributed by atoms with Gasteiger partial charge in [0.05, 0.1) is 5.56 Å². The van der Waals surface area contributed by atoms with Crippen molar-refractivity contribution in [2.75, 3.05) is 19.6 Å². The van der Waals surface area contributed by atoms with E-state index in [2.05, 4.69) is 21.2 Å². The van der Waals surface area contributed by atoms with Crippen LogP contribution in [0.2, 0.25) is 0 Å². The van der Waals surface area contributed by atoms with Gasteiger partial charge in [0.25, 0.3) is 5.91 Å². The molecule has 3 rings (SSSR count). The molecule has 1 aromatic carbocycles. The fourth-order valence-corrected chi connectivity index (χ4v) is 3.20. The normalized spacial score (nSPS) is 21.5. The smallest absolute Gasteiger partial charge is 0.256 e. The van der Waals surface area contributed by atoms with Crippen LogP contribution < -0.4 is 5.32 Å². The number of carbonyl (C=O) groups is 1. The van der Waals surface area contributed by atoms with Gasteiger partial charge in [-0.05, 0) is 56.3 Å². The lowest BCUT2D eigenvalue weighted by Crippen LogP contribution is -2.42. The van der Waals surface area contributed by atoms with Gasteiger partial charge in [0.15, 0.2) is 0 Å². The molecule has 1 aliphatic carbocycles. The third-order valence-electron chi connectivity index (χ3n) is 4.23. The molecule has 1 aliphatic heterocycles. The summed E-state index contributed by atoms with van der Waals surface area (Å²) in [5, 5.41) is 3.42. The third-order valence-corrected chi connectivity index (χ3v) is 4.72. The fraction of sp³-hybridized carbons (Fsp3) is 0.562. The van der Waals surface area contributed by atoms with E-state index in [0.717, 1.165) is 25.9 Å². The molecule has 0 aromatic heterocycles. The molecule has 21 heavy (non-hydrogen) atoms. The third kappa shape index (κ3) is 3.83. The van der Waals surface area contributed by atoms with Gasteiger partial charge in [-0.2, -0.15) is 0 Å². The van der Waals surface area contributed by atoms with E-state index in [1.165, 1.54) is 18.9 Å². The lowest BCUT2D eigenvalue weighted by atomic mass is 10.1. The van der Waals surface area contributed by atoms with Crippen molar-refractivity contribution in [1.82, 2.24) is 10.2 Å². The molecule has 1 amide bonds. The standard InChI is InChI=1S/C16H20BrFN2O/c17-12-5-6-14(15(18)8-12)16(21)20(9-11-3-4-11)10-13-2-1-7-19-13/h5-6,8,11,13,19H,1-4,7,9-10H2. The van der Waals surface area contributed by atoms with E-state index in [1.54, 1.807) is 12.1 Å². The highest BCUT2D eigenvalue weighted by Crippen LogP contribution is 2.30. The molecular weight excluding hydrogens is 335 g/mol. The number of carbonyl (C=O) groups excluding carboxylic acids is 1. The Labute approximate surface area is 133 Å². The van der Waals surface area contributed by atoms with Crippen LogP contribution in [0.4, 0.5) is 4.39 Å². The van der Waals surface area contributed by atoms with Gasteiger partial charge in [-0.3, -0.25) is 4.79 Å². The molecule has 3 nitrogen and oxygen atoms in total. The molecule has 114 valence electrons. The van der Waals surface area contributed by atoms with Gasteiger partial charge in [-0.15, -0.1) is 0 Å². The molecule has 1 N–H and O–H groups in total. The molecule has 1 aromatic rings. The first kappa shape index (κ1) is 15.0. The van der Waals surface area contributed by atoms with Gasteiger partial charge in [0.2, 0.25) is 0 Å². The Hall–Kier alpha value is -0.940. The molecule has 1 unspecified atom stereocenters. The molecule has 0 spiro atoms. The topological polar surface area (TPSA) is 32.3 Å². The van der Waals surface area contributed by atoms with E-state index in [9.17, 15) is 9.18 Å². The Kier molecular flexibility index (Phi) is 4.60. The maximum atomic E-state index is 14.0. The molecule has 5 heteroatoms. The average Bonchev–Trinajstić information content (AvgIpc) is 3.11. The van der Waals surface area contributed by atoms with Crippen LogP contribution in [0.25, 0.3) is 0 Å². The second-order valence-corrected chi connectivity index (χ2v) is 6.99. The zero-order valence-corrected chi connectivity index (χ0v) is 13.5. The molecule has 2 fully saturated rings. The Balaban J connectivity index is 1.75. The zero-order valence-electron chi connectivity index (χ0n) is 11.9. The van der Waals surface area contributed by atoms with Crippen LogP contribution in [0.5, 0.6) is 0 Å². The van der Waals surface area contributed by atoms with Crippen LogP contribution in [0.1, 0.15) is 36.0 Å². The lowest BCUT2D eigenvalue weighted by molar-refractivity contribution is 0.0729. The summed E-state index contributed by atoms with van der Waals surface area (Å²) in [5.74, 6) is -0.0241. The van der Waals surface area contributed by atoms with E-state index in [4.69, 9.17) is 0 Å². The second-order valence-electron chi connectivity index (χ2n) is 6.07. The van der Waals surface area contributed by atoms with Crippen molar-refractivity contribution < 1.29 is 9.18 Å². The van der Waals surface area contributed by atoms with Gasteiger partial charge in [-0.25, -0.2) is 4.39 Å². The fourth-order valence-electron chi connectivity index (χ4n) is 2.86. The molecule has 1 heterocycles. The van der Waals surface area contributed by atoms with Gasteiger partial charge >= 0.3 is 0 Å². The van der Waals surface area contributed by atoms with Crippen molar-refractivity contribution in [3.05, 3.63) is 34.1 Å². The van der Waals surface area contributed by atoms with E-state index >= 15 is 0 Å². The number of nitrogens with zero attached hydrogens (tertiary/aromatic N) is 1. The van der Waals surface area contributed by atoms with Crippen LogP contribution in [0.15, 0.2) is 22.7 Å². The monoisotopic (exact) mass is 354 g/mol. The van der Waals surface area contributed by atoms with E-state index in [-0.39, 0.29) is 11.5 Å². The zero-order chi connectivity index (χ0) is 14.8. The number of hydrogen-bond donors (Lipinski definition) is 1. The second kappa shape index (κ2) is 6.44. The highest BCUT2D eigenvalue weighted by Gasteiger charge is 2.30. The maximum Gasteiger partial charge on any atom is 0.256 e. The summed E-state index contributed by atoms with van der Waals surface area (Å²) >= 11 is 3.23. The minimum Gasteiger partial charge on any atom is -0.337 e. The summed E-state index contributed by atoms with van der Waals surface area (Å²) in [5.41, 5.74) is 0.178. The first-order chi connectivity index (χ1) is 10.1. The number of nitrogens with one attached hydrogen (secondary N) is 1. The van der Waals surface area contributed by atoms with Crippen molar-refractivity contribution in [2.45, 2.75) is 31.7 Å². The number of amides is 1. The van der Waals surface area contributed by atoms with Crippen molar-refractivity contribution >= 4 is 21.8 Å². The molecule has 0 radical (unpaired) electrons. The van der Waals surface area contributed by atoms with Gasteiger partial charge in [-0.1, -0.05) is 15.9 Å². The molecule has 1 saturated carbocycles. The number of halogens is 2. The van der Waals surface area contributed by atoms with Crippen LogP contribution in [-0.4, -0.2) is 36.5 Å². The van der Waals surface area contributed by atoms with Crippen LogP contribution >= 0.6 is 15.9 Å². The summed E-state index contributed by atoms with van der Waals surface area (Å²) in [6, 6.07) is 5.01. The largest absolute Gasteiger partial charge is 0.337 e. The van der Waals surface area contributed by atoms with E-state index < -0.39 is 5.82 Å². The van der Waals surface area contributed by atoms with E-state index in [1.807, 2.05) is 4.90 Å². The first-order valence-electron chi connectivity index (χ1n) is 7.61. The maximum absolute atomic E-state index is 14.0. The summed E-state index contributed by atoms with van der Waals surface area (Å²) in [6.07, 6.45) is 4.62. The van der Waals surface area contributed by atoms with Crippen molar-refractivity contribution in [1.29, 1.82) is 0 Å². The summed E-state index contributed by atoms with van der Waals surface area (Å²) in [4.78, 5) is 14.5. The highest BCUT2D eigenvalue weighted by molar-refractivity contribution is 9.10. The average molecular weight is 355 g/mol. The summed E-state index contributed by atoms with van der Waals surface area (Å²) in [7, 11) is 0. The minimum atomic E-state index is -0.449. The quantitative estimate of drug-likeness (QED) is 0.880. The lowest BCUT2D eigenvalue weighted by Gasteiger charge is -2.26. The highest BCUT2D eigenvalue weighted by atomic mass is 79.9. The van der Waals surface area contributed by atoms with Crippen molar-refractivity contribution in [3.8, 4) is 0 Å². The Morgan fingerprint density at radius 3 is 2.76 bits per heavy atom. The van der Waals surface area contributed by atoms with E-state index in [0.29, 0.717) is 23.0 Å². The Morgan fingerprint density at radius 1 is 1.33 bits per heavy atom. The predicted octanol–water partition coefficient (Wildman–Crippen LogP) is 3.19. The number of hydrogen-bond acceptors (Lipinski definition) is 2. The number of rotatable bonds is 5. The van der Waals surface area contributed by atoms with Crippen LogP contribution in [0, 0.1) is 11.7 Å². The Bertz CT molecular complexity index is 527. The summed E-state index contributed by atoms with van der Waals surface area (Å²) in [6.45, 7) is 2.46. The molecular formula is C16H20BrFN2O. The first-order valence-corrected chi connectivity index (χ1v) is 8.40. The predicted molar refractivity (Wildman–Crippen MR) is 83.8 cm³/mol. The van der Waals surface area contributed by atoms with Crippen molar-refractivity contribution in [2.24, 2.45) is 5.92 Å². The molecule has 1 atom stereocenters. The number of benzene rings is 1. The van der Waals surface area contributed by atoms with Gasteiger partial charge < -0.3 is 10.2 Å². The summed E-state index contributed by atoms with van der Waals surface area (Å²) < 4.78 is 14.7.